The van der Waals surface area contributed by atoms with E-state index >= 15 is 0 Å². The predicted molar refractivity (Wildman–Crippen MR) is 79.8 cm³/mol. The van der Waals surface area contributed by atoms with Gasteiger partial charge in [-0.1, -0.05) is 12.1 Å². The summed E-state index contributed by atoms with van der Waals surface area (Å²) in [6.45, 7) is 5.36. The van der Waals surface area contributed by atoms with E-state index in [-0.39, 0.29) is 17.6 Å². The van der Waals surface area contributed by atoms with Crippen LogP contribution in [0.2, 0.25) is 0 Å². The number of benzene rings is 1. The van der Waals surface area contributed by atoms with Crippen molar-refractivity contribution in [2.75, 3.05) is 11.5 Å². The van der Waals surface area contributed by atoms with Gasteiger partial charge in [0.1, 0.15) is 17.5 Å². The lowest BCUT2D eigenvalue weighted by Crippen LogP contribution is -2.51. The first-order valence-electron chi connectivity index (χ1n) is 6.84. The molecule has 2 rings (SSSR count). The molecular weight excluding hydrogens is 293 g/mol. The van der Waals surface area contributed by atoms with E-state index in [2.05, 4.69) is 5.32 Å². The van der Waals surface area contributed by atoms with E-state index in [1.54, 1.807) is 32.9 Å². The molecule has 116 valence electrons. The molecule has 21 heavy (non-hydrogen) atoms. The van der Waals surface area contributed by atoms with Crippen LogP contribution in [0.3, 0.4) is 0 Å². The van der Waals surface area contributed by atoms with E-state index in [9.17, 15) is 13.4 Å². The van der Waals surface area contributed by atoms with E-state index in [1.165, 1.54) is 12.1 Å². The summed E-state index contributed by atoms with van der Waals surface area (Å²) >= 11 is 0. The minimum Gasteiger partial charge on any atom is -0.459 e. The Morgan fingerprint density at radius 3 is 2.71 bits per heavy atom. The summed E-state index contributed by atoms with van der Waals surface area (Å²) in [5, 5.41) is 3.12. The van der Waals surface area contributed by atoms with Gasteiger partial charge in [-0.05, 0) is 38.5 Å². The molecule has 0 spiro atoms. The fourth-order valence-corrected chi connectivity index (χ4v) is 3.60. The maximum atomic E-state index is 13.3. The van der Waals surface area contributed by atoms with Gasteiger partial charge in [0, 0.05) is 28.3 Å². The van der Waals surface area contributed by atoms with Crippen molar-refractivity contribution >= 4 is 16.8 Å². The fourth-order valence-electron chi connectivity index (χ4n) is 2.20. The Balaban J connectivity index is 2.12. The molecule has 1 saturated heterocycles. The molecule has 1 aromatic carbocycles. The van der Waals surface area contributed by atoms with Gasteiger partial charge in [-0.3, -0.25) is 14.3 Å². The lowest BCUT2D eigenvalue weighted by molar-refractivity contribution is -0.157. The first-order chi connectivity index (χ1) is 9.74. The van der Waals surface area contributed by atoms with Crippen molar-refractivity contribution in [3.63, 3.8) is 0 Å². The van der Waals surface area contributed by atoms with Gasteiger partial charge in [0.15, 0.2) is 0 Å². The fraction of sp³-hybridized carbons (Fsp3) is 0.533. The number of esters is 1. The summed E-state index contributed by atoms with van der Waals surface area (Å²) in [6.07, 6.45) is 0. The van der Waals surface area contributed by atoms with Crippen LogP contribution in [0.25, 0.3) is 0 Å². The van der Waals surface area contributed by atoms with E-state index in [0.29, 0.717) is 11.3 Å². The molecule has 1 heterocycles. The van der Waals surface area contributed by atoms with Gasteiger partial charge in [-0.15, -0.1) is 0 Å². The van der Waals surface area contributed by atoms with Gasteiger partial charge >= 0.3 is 5.97 Å². The Hall–Kier alpha value is -1.27. The second kappa shape index (κ2) is 6.23. The second-order valence-corrected chi connectivity index (χ2v) is 7.68. The van der Waals surface area contributed by atoms with Crippen LogP contribution in [0.15, 0.2) is 24.3 Å². The molecular formula is C15H20FNO3S. The maximum Gasteiger partial charge on any atom is 0.324 e. The van der Waals surface area contributed by atoms with E-state index < -0.39 is 28.4 Å². The molecule has 1 aromatic rings. The third-order valence-corrected chi connectivity index (χ3v) is 4.46. The molecule has 0 aliphatic carbocycles. The van der Waals surface area contributed by atoms with Crippen molar-refractivity contribution < 1.29 is 18.1 Å². The SMILES string of the molecule is CC(C)(C)OC(=O)C1CS(=O)CC(c2cccc(F)c2)N1. The molecule has 3 atom stereocenters. The quantitative estimate of drug-likeness (QED) is 0.848. The van der Waals surface area contributed by atoms with Crippen molar-refractivity contribution in [3.05, 3.63) is 35.6 Å². The van der Waals surface area contributed by atoms with Crippen molar-refractivity contribution in [1.82, 2.24) is 5.32 Å². The van der Waals surface area contributed by atoms with Crippen LogP contribution in [0.4, 0.5) is 4.39 Å². The highest BCUT2D eigenvalue weighted by Crippen LogP contribution is 2.21. The predicted octanol–water partition coefficient (Wildman–Crippen LogP) is 1.93. The minimum atomic E-state index is -1.14. The van der Waals surface area contributed by atoms with Gasteiger partial charge < -0.3 is 4.74 Å². The van der Waals surface area contributed by atoms with Crippen LogP contribution in [0.5, 0.6) is 0 Å². The Morgan fingerprint density at radius 2 is 2.10 bits per heavy atom. The number of halogens is 1. The number of nitrogens with one attached hydrogen (secondary N) is 1. The number of hydrogen-bond acceptors (Lipinski definition) is 4. The van der Waals surface area contributed by atoms with Crippen LogP contribution >= 0.6 is 0 Å². The molecule has 0 bridgehead atoms. The minimum absolute atomic E-state index is 0.223. The highest BCUT2D eigenvalue weighted by atomic mass is 32.2. The molecule has 0 aromatic heterocycles. The molecule has 3 unspecified atom stereocenters. The standard InChI is InChI=1S/C15H20FNO3S/c1-15(2,3)20-14(18)13-9-21(19)8-12(17-13)10-5-4-6-11(16)7-10/h4-7,12-13,17H,8-9H2,1-3H3. The molecule has 0 amide bonds. The van der Waals surface area contributed by atoms with E-state index in [1.807, 2.05) is 0 Å². The highest BCUT2D eigenvalue weighted by molar-refractivity contribution is 7.85. The van der Waals surface area contributed by atoms with Crippen molar-refractivity contribution in [1.29, 1.82) is 0 Å². The topological polar surface area (TPSA) is 55.4 Å². The molecule has 0 saturated carbocycles. The first kappa shape index (κ1) is 16.1. The lowest BCUT2D eigenvalue weighted by atomic mass is 10.1. The van der Waals surface area contributed by atoms with E-state index in [0.717, 1.165) is 0 Å². The summed E-state index contributed by atoms with van der Waals surface area (Å²) in [6, 6.07) is 5.17. The van der Waals surface area contributed by atoms with Gasteiger partial charge in [0.25, 0.3) is 0 Å². The van der Waals surface area contributed by atoms with Crippen LogP contribution in [-0.4, -0.2) is 33.3 Å². The van der Waals surface area contributed by atoms with Crippen molar-refractivity contribution in [2.24, 2.45) is 0 Å². The molecule has 1 N–H and O–H groups in total. The summed E-state index contributed by atoms with van der Waals surface area (Å²) in [5.74, 6) is -0.180. The molecule has 0 radical (unpaired) electrons. The Morgan fingerprint density at radius 1 is 1.38 bits per heavy atom. The summed E-state index contributed by atoms with van der Waals surface area (Å²) in [5.41, 5.74) is 0.100. The van der Waals surface area contributed by atoms with Crippen molar-refractivity contribution in [3.8, 4) is 0 Å². The zero-order valence-electron chi connectivity index (χ0n) is 12.4. The van der Waals surface area contributed by atoms with E-state index in [4.69, 9.17) is 4.74 Å². The molecule has 1 aliphatic rings. The average Bonchev–Trinajstić information content (AvgIpc) is 2.36. The summed E-state index contributed by atoms with van der Waals surface area (Å²) in [7, 11) is -1.14. The average molecular weight is 313 g/mol. The number of rotatable bonds is 2. The number of ether oxygens (including phenoxy) is 1. The molecule has 1 fully saturated rings. The number of hydrogen-bond donors (Lipinski definition) is 1. The van der Waals surface area contributed by atoms with Crippen LogP contribution < -0.4 is 5.32 Å². The molecule has 4 nitrogen and oxygen atoms in total. The zero-order chi connectivity index (χ0) is 15.6. The van der Waals surface area contributed by atoms with Crippen LogP contribution in [0, 0.1) is 5.82 Å². The Labute approximate surface area is 126 Å². The largest absolute Gasteiger partial charge is 0.459 e. The third kappa shape index (κ3) is 4.61. The molecule has 1 aliphatic heterocycles. The monoisotopic (exact) mass is 313 g/mol. The van der Waals surface area contributed by atoms with Crippen molar-refractivity contribution in [2.45, 2.75) is 38.5 Å². The lowest BCUT2D eigenvalue weighted by Gasteiger charge is -2.31. The Kier molecular flexibility index (Phi) is 4.78. The van der Waals surface area contributed by atoms with Gasteiger partial charge in [-0.2, -0.15) is 0 Å². The molecule has 6 heteroatoms. The first-order valence-corrected chi connectivity index (χ1v) is 8.33. The normalized spacial score (nSPS) is 26.4. The number of carbonyl (C=O) groups is 1. The summed E-state index contributed by atoms with van der Waals surface area (Å²) in [4.78, 5) is 12.1. The van der Waals surface area contributed by atoms with Crippen LogP contribution in [0.1, 0.15) is 32.4 Å². The van der Waals surface area contributed by atoms with Gasteiger partial charge in [0.05, 0.1) is 0 Å². The third-order valence-electron chi connectivity index (χ3n) is 3.05. The number of carbonyl (C=O) groups excluding carboxylic acids is 1. The summed E-state index contributed by atoms with van der Waals surface area (Å²) < 4.78 is 30.6. The van der Waals surface area contributed by atoms with Gasteiger partial charge in [0.2, 0.25) is 0 Å². The smallest absolute Gasteiger partial charge is 0.324 e. The maximum absolute atomic E-state index is 13.3. The highest BCUT2D eigenvalue weighted by Gasteiger charge is 2.34. The van der Waals surface area contributed by atoms with Crippen LogP contribution in [-0.2, 0) is 20.3 Å². The Bertz CT molecular complexity index is 556. The van der Waals surface area contributed by atoms with Gasteiger partial charge in [-0.25, -0.2) is 4.39 Å². The second-order valence-electron chi connectivity index (χ2n) is 6.13. The zero-order valence-corrected chi connectivity index (χ0v) is 13.2.